The molecule has 2 heteroatoms. The number of hydrogen-bond donors (Lipinski definition) is 1. The molecule has 0 saturated heterocycles. The highest BCUT2D eigenvalue weighted by Crippen LogP contribution is 2.31. The molecular formula is C19H19NO. The molecule has 0 fully saturated rings. The molecule has 2 atom stereocenters. The van der Waals surface area contributed by atoms with E-state index in [0.29, 0.717) is 0 Å². The average molecular weight is 277 g/mol. The summed E-state index contributed by atoms with van der Waals surface area (Å²) in [6.07, 6.45) is 1.50. The third kappa shape index (κ3) is 2.76. The lowest BCUT2D eigenvalue weighted by molar-refractivity contribution is 0.123. The Balaban J connectivity index is 1.93. The second kappa shape index (κ2) is 5.98. The van der Waals surface area contributed by atoms with Gasteiger partial charge in [0.1, 0.15) is 0 Å². The number of aromatic nitrogens is 1. The highest BCUT2D eigenvalue weighted by molar-refractivity contribution is 5.60. The fourth-order valence-electron chi connectivity index (χ4n) is 2.68. The standard InChI is InChI=1S/C19H19NO/c1-15(19(21)17-11-6-3-7-12-17)20-14-8-13-18(20)16-9-4-2-5-10-16/h2-15,19,21H,1H3/t15-,19-/m1/s1. The molecule has 0 saturated carbocycles. The molecule has 0 amide bonds. The quantitative estimate of drug-likeness (QED) is 0.749. The molecule has 0 radical (unpaired) electrons. The van der Waals surface area contributed by atoms with Gasteiger partial charge in [0.15, 0.2) is 0 Å². The number of aliphatic hydroxyl groups is 1. The van der Waals surface area contributed by atoms with Crippen LogP contribution in [-0.2, 0) is 0 Å². The van der Waals surface area contributed by atoms with Crippen molar-refractivity contribution in [3.8, 4) is 11.3 Å². The Morgan fingerprint density at radius 1 is 0.810 bits per heavy atom. The minimum Gasteiger partial charge on any atom is -0.386 e. The molecule has 0 bridgehead atoms. The van der Waals surface area contributed by atoms with Crippen molar-refractivity contribution in [3.05, 3.63) is 84.6 Å². The largest absolute Gasteiger partial charge is 0.386 e. The maximum Gasteiger partial charge on any atom is 0.0994 e. The average Bonchev–Trinajstić information content (AvgIpc) is 3.04. The Hall–Kier alpha value is -2.32. The van der Waals surface area contributed by atoms with Gasteiger partial charge >= 0.3 is 0 Å². The van der Waals surface area contributed by atoms with Crippen LogP contribution in [0.25, 0.3) is 11.3 Å². The molecular weight excluding hydrogens is 258 g/mol. The van der Waals surface area contributed by atoms with Crippen molar-refractivity contribution in [3.63, 3.8) is 0 Å². The molecule has 106 valence electrons. The summed E-state index contributed by atoms with van der Waals surface area (Å²) < 4.78 is 2.13. The van der Waals surface area contributed by atoms with E-state index in [4.69, 9.17) is 0 Å². The van der Waals surface area contributed by atoms with Gasteiger partial charge in [-0.25, -0.2) is 0 Å². The predicted molar refractivity (Wildman–Crippen MR) is 86.0 cm³/mol. The SMILES string of the molecule is C[C@H]([C@@H](O)c1ccccc1)n1cccc1-c1ccccc1. The summed E-state index contributed by atoms with van der Waals surface area (Å²) >= 11 is 0. The summed E-state index contributed by atoms with van der Waals surface area (Å²) in [4.78, 5) is 0. The maximum absolute atomic E-state index is 10.6. The molecule has 2 aromatic carbocycles. The summed E-state index contributed by atoms with van der Waals surface area (Å²) in [6.45, 7) is 2.05. The van der Waals surface area contributed by atoms with Crippen LogP contribution >= 0.6 is 0 Å². The second-order valence-corrected chi connectivity index (χ2v) is 5.26. The molecule has 1 heterocycles. The van der Waals surface area contributed by atoms with Gasteiger partial charge in [-0.1, -0.05) is 60.7 Å². The first-order chi connectivity index (χ1) is 10.3. The molecule has 21 heavy (non-hydrogen) atoms. The Morgan fingerprint density at radius 2 is 1.43 bits per heavy atom. The summed E-state index contributed by atoms with van der Waals surface area (Å²) in [7, 11) is 0. The van der Waals surface area contributed by atoms with Crippen LogP contribution in [-0.4, -0.2) is 9.67 Å². The van der Waals surface area contributed by atoms with Crippen LogP contribution in [0.1, 0.15) is 24.6 Å². The zero-order valence-electron chi connectivity index (χ0n) is 12.1. The van der Waals surface area contributed by atoms with Gasteiger partial charge in [-0.3, -0.25) is 0 Å². The van der Waals surface area contributed by atoms with Gasteiger partial charge in [-0.15, -0.1) is 0 Å². The Kier molecular flexibility index (Phi) is 3.89. The van der Waals surface area contributed by atoms with E-state index in [9.17, 15) is 5.11 Å². The second-order valence-electron chi connectivity index (χ2n) is 5.26. The smallest absolute Gasteiger partial charge is 0.0994 e. The lowest BCUT2D eigenvalue weighted by atomic mass is 10.0. The van der Waals surface area contributed by atoms with Gasteiger partial charge in [-0.2, -0.15) is 0 Å². The summed E-state index contributed by atoms with van der Waals surface area (Å²) in [5.41, 5.74) is 3.23. The Morgan fingerprint density at radius 3 is 2.10 bits per heavy atom. The fourth-order valence-corrected chi connectivity index (χ4v) is 2.68. The molecule has 0 aliphatic carbocycles. The minimum absolute atomic E-state index is 0.0300. The van der Waals surface area contributed by atoms with Crippen molar-refractivity contribution in [2.24, 2.45) is 0 Å². The van der Waals surface area contributed by atoms with Crippen molar-refractivity contribution in [1.29, 1.82) is 0 Å². The van der Waals surface area contributed by atoms with Crippen LogP contribution in [0, 0.1) is 0 Å². The van der Waals surface area contributed by atoms with E-state index in [0.717, 1.165) is 16.8 Å². The van der Waals surface area contributed by atoms with Crippen LogP contribution < -0.4 is 0 Å². The maximum atomic E-state index is 10.6. The number of benzene rings is 2. The number of aliphatic hydroxyl groups excluding tert-OH is 1. The van der Waals surface area contributed by atoms with E-state index in [1.807, 2.05) is 67.7 Å². The predicted octanol–water partition coefficient (Wildman–Crippen LogP) is 4.45. The van der Waals surface area contributed by atoms with Gasteiger partial charge < -0.3 is 9.67 Å². The monoisotopic (exact) mass is 277 g/mol. The minimum atomic E-state index is -0.527. The molecule has 1 N–H and O–H groups in total. The summed E-state index contributed by atoms with van der Waals surface area (Å²) in [5.74, 6) is 0. The van der Waals surface area contributed by atoms with Crippen molar-refractivity contribution in [1.82, 2.24) is 4.57 Å². The highest BCUT2D eigenvalue weighted by atomic mass is 16.3. The summed E-state index contributed by atoms with van der Waals surface area (Å²) in [5, 5.41) is 10.6. The topological polar surface area (TPSA) is 25.2 Å². The lowest BCUT2D eigenvalue weighted by Gasteiger charge is -2.23. The van der Waals surface area contributed by atoms with Gasteiger partial charge in [-0.05, 0) is 30.2 Å². The molecule has 0 aliphatic heterocycles. The number of nitrogens with zero attached hydrogens (tertiary/aromatic N) is 1. The highest BCUT2D eigenvalue weighted by Gasteiger charge is 2.19. The van der Waals surface area contributed by atoms with E-state index in [1.54, 1.807) is 0 Å². The van der Waals surface area contributed by atoms with Crippen molar-refractivity contribution >= 4 is 0 Å². The fraction of sp³-hybridized carbons (Fsp3) is 0.158. The number of rotatable bonds is 4. The van der Waals surface area contributed by atoms with E-state index in [2.05, 4.69) is 22.8 Å². The molecule has 0 spiro atoms. The molecule has 0 aliphatic rings. The van der Waals surface area contributed by atoms with Gasteiger partial charge in [0.2, 0.25) is 0 Å². The Labute approximate surface area is 125 Å². The van der Waals surface area contributed by atoms with Gasteiger partial charge in [0, 0.05) is 11.9 Å². The molecule has 3 aromatic rings. The van der Waals surface area contributed by atoms with Crippen molar-refractivity contribution < 1.29 is 5.11 Å². The molecule has 1 aromatic heterocycles. The lowest BCUT2D eigenvalue weighted by Crippen LogP contribution is -2.14. The normalized spacial score (nSPS) is 13.8. The third-order valence-corrected chi connectivity index (χ3v) is 3.89. The van der Waals surface area contributed by atoms with Crippen LogP contribution in [0.4, 0.5) is 0 Å². The zero-order valence-corrected chi connectivity index (χ0v) is 12.1. The van der Waals surface area contributed by atoms with Crippen LogP contribution in [0.5, 0.6) is 0 Å². The van der Waals surface area contributed by atoms with Gasteiger partial charge in [0.25, 0.3) is 0 Å². The van der Waals surface area contributed by atoms with E-state index >= 15 is 0 Å². The van der Waals surface area contributed by atoms with Gasteiger partial charge in [0.05, 0.1) is 12.1 Å². The Bertz CT molecular complexity index is 688. The van der Waals surface area contributed by atoms with E-state index in [1.165, 1.54) is 0 Å². The van der Waals surface area contributed by atoms with Crippen LogP contribution in [0.3, 0.4) is 0 Å². The van der Waals surface area contributed by atoms with Crippen molar-refractivity contribution in [2.45, 2.75) is 19.1 Å². The van der Waals surface area contributed by atoms with E-state index in [-0.39, 0.29) is 6.04 Å². The van der Waals surface area contributed by atoms with Crippen molar-refractivity contribution in [2.75, 3.05) is 0 Å². The first-order valence-corrected chi connectivity index (χ1v) is 7.22. The first kappa shape index (κ1) is 13.7. The molecule has 2 nitrogen and oxygen atoms in total. The molecule has 3 rings (SSSR count). The summed E-state index contributed by atoms with van der Waals surface area (Å²) in [6, 6.07) is 24.2. The van der Waals surface area contributed by atoms with E-state index < -0.39 is 6.10 Å². The number of hydrogen-bond acceptors (Lipinski definition) is 1. The third-order valence-electron chi connectivity index (χ3n) is 3.89. The van der Waals surface area contributed by atoms with Crippen LogP contribution in [0.15, 0.2) is 79.0 Å². The first-order valence-electron chi connectivity index (χ1n) is 7.22. The zero-order chi connectivity index (χ0) is 14.7. The van der Waals surface area contributed by atoms with Crippen LogP contribution in [0.2, 0.25) is 0 Å². The molecule has 0 unspecified atom stereocenters.